The summed E-state index contributed by atoms with van der Waals surface area (Å²) in [7, 11) is 0. The molecule has 0 aliphatic heterocycles. The van der Waals surface area contributed by atoms with Crippen LogP contribution in [-0.2, 0) is 0 Å². The van der Waals surface area contributed by atoms with Crippen LogP contribution < -0.4 is 0 Å². The zero-order chi connectivity index (χ0) is 9.68. The molecule has 0 N–H and O–H groups in total. The maximum atomic E-state index is 12.8. The van der Waals surface area contributed by atoms with Crippen LogP contribution in [0.4, 0.5) is 4.39 Å². The summed E-state index contributed by atoms with van der Waals surface area (Å²) in [5.74, 6) is -0.105. The molecule has 0 saturated carbocycles. The molecule has 0 fully saturated rings. The molecule has 13 heavy (non-hydrogen) atoms. The van der Waals surface area contributed by atoms with Crippen molar-refractivity contribution in [3.05, 3.63) is 41.2 Å². The van der Waals surface area contributed by atoms with Gasteiger partial charge in [0, 0.05) is 5.88 Å². The van der Waals surface area contributed by atoms with Gasteiger partial charge >= 0.3 is 0 Å². The van der Waals surface area contributed by atoms with Crippen LogP contribution in [-0.4, -0.2) is 12.2 Å². The summed E-state index contributed by atoms with van der Waals surface area (Å²) in [4.78, 5) is 10.4. The number of aldehydes is 1. The number of hydrogen-bond acceptors (Lipinski definition) is 1. The first-order valence-electron chi connectivity index (χ1n) is 3.75. The van der Waals surface area contributed by atoms with Crippen molar-refractivity contribution in [1.29, 1.82) is 0 Å². The molecule has 0 saturated heterocycles. The predicted octanol–water partition coefficient (Wildman–Crippen LogP) is 2.89. The monoisotopic (exact) mass is 198 g/mol. The van der Waals surface area contributed by atoms with E-state index in [9.17, 15) is 9.18 Å². The average Bonchev–Trinajstić information content (AvgIpc) is 2.16. The average molecular weight is 199 g/mol. The standard InChI is InChI=1S/C10H8ClFO/c11-5-1-2-8-3-4-10(12)9(6-8)7-13/h1-4,6-7H,5H2. The van der Waals surface area contributed by atoms with Gasteiger partial charge in [-0.05, 0) is 17.7 Å². The highest BCUT2D eigenvalue weighted by Gasteiger charge is 1.99. The number of hydrogen-bond donors (Lipinski definition) is 0. The maximum Gasteiger partial charge on any atom is 0.153 e. The Kier molecular flexibility index (Phi) is 3.65. The topological polar surface area (TPSA) is 17.1 Å². The van der Waals surface area contributed by atoms with Crippen LogP contribution in [0.5, 0.6) is 0 Å². The van der Waals surface area contributed by atoms with Gasteiger partial charge in [-0.25, -0.2) is 4.39 Å². The lowest BCUT2D eigenvalue weighted by Gasteiger charge is -1.96. The summed E-state index contributed by atoms with van der Waals surface area (Å²) in [5.41, 5.74) is 0.834. The van der Waals surface area contributed by atoms with Crippen molar-refractivity contribution in [2.24, 2.45) is 0 Å². The summed E-state index contributed by atoms with van der Waals surface area (Å²) in [6.45, 7) is 0. The van der Waals surface area contributed by atoms with Gasteiger partial charge in [-0.1, -0.05) is 18.2 Å². The molecule has 3 heteroatoms. The highest BCUT2D eigenvalue weighted by Crippen LogP contribution is 2.09. The number of benzene rings is 1. The molecule has 68 valence electrons. The Bertz CT molecular complexity index is 334. The fraction of sp³-hybridized carbons (Fsp3) is 0.100. The van der Waals surface area contributed by atoms with Gasteiger partial charge in [0.25, 0.3) is 0 Å². The van der Waals surface area contributed by atoms with Crippen LogP contribution in [0, 0.1) is 5.82 Å². The predicted molar refractivity (Wildman–Crippen MR) is 51.5 cm³/mol. The smallest absolute Gasteiger partial charge is 0.153 e. The van der Waals surface area contributed by atoms with Crippen molar-refractivity contribution < 1.29 is 9.18 Å². The number of carbonyl (C=O) groups is 1. The molecule has 1 aromatic rings. The molecule has 0 aliphatic carbocycles. The van der Waals surface area contributed by atoms with Crippen molar-refractivity contribution in [2.45, 2.75) is 0 Å². The first-order valence-corrected chi connectivity index (χ1v) is 4.28. The maximum absolute atomic E-state index is 12.8. The Labute approximate surface area is 80.8 Å². The van der Waals surface area contributed by atoms with E-state index in [-0.39, 0.29) is 5.56 Å². The first-order chi connectivity index (χ1) is 6.27. The molecule has 0 unspecified atom stereocenters. The minimum Gasteiger partial charge on any atom is -0.298 e. The summed E-state index contributed by atoms with van der Waals surface area (Å²) < 4.78 is 12.8. The molecule has 0 aliphatic rings. The lowest BCUT2D eigenvalue weighted by Crippen LogP contribution is -1.87. The van der Waals surface area contributed by atoms with Gasteiger partial charge in [0.05, 0.1) is 5.56 Å². The summed E-state index contributed by atoms with van der Waals surface area (Å²) in [6, 6.07) is 4.33. The van der Waals surface area contributed by atoms with Gasteiger partial charge in [0.1, 0.15) is 5.82 Å². The van der Waals surface area contributed by atoms with E-state index in [0.717, 1.165) is 5.56 Å². The van der Waals surface area contributed by atoms with Crippen LogP contribution in [0.25, 0.3) is 6.08 Å². The van der Waals surface area contributed by atoms with E-state index >= 15 is 0 Å². The van der Waals surface area contributed by atoms with Crippen LogP contribution in [0.3, 0.4) is 0 Å². The third-order valence-electron chi connectivity index (χ3n) is 1.55. The number of alkyl halides is 1. The molecule has 0 heterocycles. The van der Waals surface area contributed by atoms with Crippen LogP contribution in [0.2, 0.25) is 0 Å². The Morgan fingerprint density at radius 3 is 2.85 bits per heavy atom. The Balaban J connectivity index is 2.99. The zero-order valence-electron chi connectivity index (χ0n) is 6.84. The lowest BCUT2D eigenvalue weighted by molar-refractivity contribution is 0.112. The second-order valence-electron chi connectivity index (χ2n) is 2.46. The summed E-state index contributed by atoms with van der Waals surface area (Å²) >= 11 is 5.43. The van der Waals surface area contributed by atoms with Crippen molar-refractivity contribution in [3.8, 4) is 0 Å². The zero-order valence-corrected chi connectivity index (χ0v) is 7.59. The molecule has 0 spiro atoms. The van der Waals surface area contributed by atoms with Crippen LogP contribution in [0.15, 0.2) is 24.3 Å². The summed E-state index contributed by atoms with van der Waals surface area (Å²) in [6.07, 6.45) is 3.95. The van der Waals surface area contributed by atoms with Crippen LogP contribution >= 0.6 is 11.6 Å². The van der Waals surface area contributed by atoms with Gasteiger partial charge < -0.3 is 0 Å². The minimum atomic E-state index is -0.502. The Morgan fingerprint density at radius 1 is 1.46 bits per heavy atom. The fourth-order valence-corrected chi connectivity index (χ4v) is 1.03. The highest BCUT2D eigenvalue weighted by atomic mass is 35.5. The molecule has 0 aromatic heterocycles. The van der Waals surface area contributed by atoms with Crippen molar-refractivity contribution in [3.63, 3.8) is 0 Å². The minimum absolute atomic E-state index is 0.0664. The quantitative estimate of drug-likeness (QED) is 0.539. The second-order valence-corrected chi connectivity index (χ2v) is 2.76. The molecule has 1 rings (SSSR count). The normalized spacial score (nSPS) is 10.6. The molecule has 0 bridgehead atoms. The van der Waals surface area contributed by atoms with E-state index in [2.05, 4.69) is 0 Å². The number of halogens is 2. The number of rotatable bonds is 3. The molecular formula is C10H8ClFO. The second kappa shape index (κ2) is 4.77. The first kappa shape index (κ1) is 9.93. The van der Waals surface area contributed by atoms with E-state index in [0.29, 0.717) is 12.2 Å². The van der Waals surface area contributed by atoms with Gasteiger partial charge in [0.15, 0.2) is 6.29 Å². The molecule has 0 radical (unpaired) electrons. The molecule has 1 nitrogen and oxygen atoms in total. The molecular weight excluding hydrogens is 191 g/mol. The van der Waals surface area contributed by atoms with E-state index in [1.807, 2.05) is 0 Å². The van der Waals surface area contributed by atoms with E-state index in [4.69, 9.17) is 11.6 Å². The van der Waals surface area contributed by atoms with Crippen molar-refractivity contribution >= 4 is 24.0 Å². The Hall–Kier alpha value is -1.15. The van der Waals surface area contributed by atoms with Gasteiger partial charge in [0.2, 0.25) is 0 Å². The summed E-state index contributed by atoms with van der Waals surface area (Å²) in [5, 5.41) is 0. The van der Waals surface area contributed by atoms with E-state index in [1.165, 1.54) is 12.1 Å². The largest absolute Gasteiger partial charge is 0.298 e. The highest BCUT2D eigenvalue weighted by molar-refractivity contribution is 6.19. The van der Waals surface area contributed by atoms with E-state index < -0.39 is 5.82 Å². The van der Waals surface area contributed by atoms with Gasteiger partial charge in [-0.3, -0.25) is 4.79 Å². The van der Waals surface area contributed by atoms with E-state index in [1.54, 1.807) is 18.2 Å². The van der Waals surface area contributed by atoms with Crippen molar-refractivity contribution in [1.82, 2.24) is 0 Å². The number of allylic oxidation sites excluding steroid dienone is 1. The third-order valence-corrected chi connectivity index (χ3v) is 1.72. The lowest BCUT2D eigenvalue weighted by atomic mass is 10.1. The van der Waals surface area contributed by atoms with Gasteiger partial charge in [-0.15, -0.1) is 11.6 Å². The SMILES string of the molecule is O=Cc1cc(C=CCCl)ccc1F. The Morgan fingerprint density at radius 2 is 2.23 bits per heavy atom. The van der Waals surface area contributed by atoms with Crippen molar-refractivity contribution in [2.75, 3.05) is 5.88 Å². The molecule has 0 atom stereocenters. The third kappa shape index (κ3) is 2.67. The number of carbonyl (C=O) groups excluding carboxylic acids is 1. The molecule has 0 amide bonds. The van der Waals surface area contributed by atoms with Gasteiger partial charge in [-0.2, -0.15) is 0 Å². The fourth-order valence-electron chi connectivity index (χ4n) is 0.937. The van der Waals surface area contributed by atoms with Crippen LogP contribution in [0.1, 0.15) is 15.9 Å². The molecule has 1 aromatic carbocycles.